The molecule has 0 radical (unpaired) electrons. The van der Waals surface area contributed by atoms with E-state index in [0.717, 1.165) is 0 Å². The second kappa shape index (κ2) is 6.29. The van der Waals surface area contributed by atoms with Gasteiger partial charge in [-0.05, 0) is 6.42 Å². The molecule has 136 valence electrons. The fourth-order valence-corrected chi connectivity index (χ4v) is 1.79. The Bertz CT molecular complexity index is 587. The van der Waals surface area contributed by atoms with Crippen LogP contribution in [0.2, 0.25) is 0 Å². The first-order valence-electron chi connectivity index (χ1n) is 6.54. The van der Waals surface area contributed by atoms with E-state index < -0.39 is 35.3 Å². The molecular formula is C14H11F9O. The van der Waals surface area contributed by atoms with Gasteiger partial charge in [0.15, 0.2) is 5.78 Å². The third-order valence-corrected chi connectivity index (χ3v) is 3.19. The molecule has 1 aromatic carbocycles. The van der Waals surface area contributed by atoms with Gasteiger partial charge in [0.1, 0.15) is 0 Å². The molecular weight excluding hydrogens is 355 g/mol. The standard InChI is InChI=1S/C14H11F9O/c1-2-3-10(24)8-4-6-9(7-5-8)11(15,16)12(17,18)13(19,20)14(21,22)23/h4-7H,2-3H2,1H3. The molecule has 1 aromatic rings. The lowest BCUT2D eigenvalue weighted by atomic mass is 9.95. The number of carbonyl (C=O) groups is 1. The van der Waals surface area contributed by atoms with Crippen LogP contribution in [0.15, 0.2) is 24.3 Å². The van der Waals surface area contributed by atoms with Crippen LogP contribution in [0.4, 0.5) is 39.5 Å². The van der Waals surface area contributed by atoms with E-state index in [4.69, 9.17) is 0 Å². The maximum absolute atomic E-state index is 13.6. The molecule has 0 aliphatic carbocycles. The van der Waals surface area contributed by atoms with Gasteiger partial charge in [0.25, 0.3) is 0 Å². The zero-order valence-corrected chi connectivity index (χ0v) is 12.0. The fourth-order valence-electron chi connectivity index (χ4n) is 1.79. The first kappa shape index (κ1) is 20.3. The summed E-state index contributed by atoms with van der Waals surface area (Å²) in [5.41, 5.74) is -1.91. The van der Waals surface area contributed by atoms with Gasteiger partial charge in [0, 0.05) is 17.5 Å². The molecule has 0 aliphatic rings. The number of rotatable bonds is 6. The lowest BCUT2D eigenvalue weighted by molar-refractivity contribution is -0.399. The summed E-state index contributed by atoms with van der Waals surface area (Å²) in [4.78, 5) is 11.5. The molecule has 24 heavy (non-hydrogen) atoms. The Morgan fingerprint density at radius 3 is 1.67 bits per heavy atom. The second-order valence-corrected chi connectivity index (χ2v) is 4.97. The molecule has 10 heteroatoms. The monoisotopic (exact) mass is 366 g/mol. The van der Waals surface area contributed by atoms with Gasteiger partial charge in [-0.3, -0.25) is 4.79 Å². The molecule has 0 spiro atoms. The van der Waals surface area contributed by atoms with Crippen LogP contribution in [-0.4, -0.2) is 23.8 Å². The van der Waals surface area contributed by atoms with E-state index in [9.17, 15) is 44.3 Å². The van der Waals surface area contributed by atoms with E-state index in [-0.39, 0.29) is 24.1 Å². The Morgan fingerprint density at radius 1 is 0.833 bits per heavy atom. The zero-order valence-electron chi connectivity index (χ0n) is 12.0. The van der Waals surface area contributed by atoms with Gasteiger partial charge in [-0.2, -0.15) is 39.5 Å². The summed E-state index contributed by atoms with van der Waals surface area (Å²) in [5, 5.41) is 0. The Kier molecular flexibility index (Phi) is 5.32. The molecule has 0 aliphatic heterocycles. The molecule has 0 amide bonds. The van der Waals surface area contributed by atoms with E-state index in [0.29, 0.717) is 18.6 Å². The van der Waals surface area contributed by atoms with Crippen LogP contribution in [0.25, 0.3) is 0 Å². The highest BCUT2D eigenvalue weighted by Crippen LogP contribution is 2.56. The molecule has 0 unspecified atom stereocenters. The lowest BCUT2D eigenvalue weighted by Gasteiger charge is -2.33. The third-order valence-electron chi connectivity index (χ3n) is 3.19. The highest BCUT2D eigenvalue weighted by Gasteiger charge is 2.81. The number of ketones is 1. The summed E-state index contributed by atoms with van der Waals surface area (Å²) < 4.78 is 115. The second-order valence-electron chi connectivity index (χ2n) is 4.97. The average molecular weight is 366 g/mol. The summed E-state index contributed by atoms with van der Waals surface area (Å²) in [6.07, 6.45) is -6.43. The van der Waals surface area contributed by atoms with Gasteiger partial charge in [-0.25, -0.2) is 0 Å². The highest BCUT2D eigenvalue weighted by atomic mass is 19.4. The van der Waals surface area contributed by atoms with Crippen molar-refractivity contribution in [1.29, 1.82) is 0 Å². The van der Waals surface area contributed by atoms with Crippen LogP contribution in [0, 0.1) is 0 Å². The Hall–Kier alpha value is -1.74. The Morgan fingerprint density at radius 2 is 1.29 bits per heavy atom. The highest BCUT2D eigenvalue weighted by molar-refractivity contribution is 5.96. The number of Topliss-reactive ketones (excluding diaryl/α,β-unsaturated/α-hetero) is 1. The first-order chi connectivity index (χ1) is 10.7. The van der Waals surface area contributed by atoms with Crippen LogP contribution in [0.5, 0.6) is 0 Å². The average Bonchev–Trinajstić information content (AvgIpc) is 2.46. The number of carbonyl (C=O) groups excluding carboxylic acids is 1. The number of alkyl halides is 9. The largest absolute Gasteiger partial charge is 0.460 e. The van der Waals surface area contributed by atoms with Crippen molar-refractivity contribution >= 4 is 5.78 Å². The van der Waals surface area contributed by atoms with Crippen LogP contribution in [-0.2, 0) is 5.92 Å². The van der Waals surface area contributed by atoms with Crippen molar-refractivity contribution in [2.24, 2.45) is 0 Å². The van der Waals surface area contributed by atoms with Crippen molar-refractivity contribution in [3.63, 3.8) is 0 Å². The van der Waals surface area contributed by atoms with Gasteiger partial charge in [0.05, 0.1) is 0 Å². The van der Waals surface area contributed by atoms with E-state index in [1.807, 2.05) is 0 Å². The van der Waals surface area contributed by atoms with Crippen molar-refractivity contribution < 1.29 is 44.3 Å². The molecule has 0 heterocycles. The van der Waals surface area contributed by atoms with Crippen molar-refractivity contribution in [2.45, 2.75) is 43.7 Å². The molecule has 0 saturated heterocycles. The van der Waals surface area contributed by atoms with Gasteiger partial charge >= 0.3 is 23.9 Å². The van der Waals surface area contributed by atoms with Crippen LogP contribution in [0.3, 0.4) is 0 Å². The van der Waals surface area contributed by atoms with Gasteiger partial charge in [-0.15, -0.1) is 0 Å². The lowest BCUT2D eigenvalue weighted by Crippen LogP contribution is -2.59. The van der Waals surface area contributed by atoms with Crippen molar-refractivity contribution in [1.82, 2.24) is 0 Å². The molecule has 0 saturated carbocycles. The van der Waals surface area contributed by atoms with Gasteiger partial charge in [-0.1, -0.05) is 31.2 Å². The molecule has 0 bridgehead atoms. The number of halogens is 9. The summed E-state index contributed by atoms with van der Waals surface area (Å²) >= 11 is 0. The Labute approximate surface area is 130 Å². The first-order valence-corrected chi connectivity index (χ1v) is 6.54. The maximum atomic E-state index is 13.6. The van der Waals surface area contributed by atoms with Gasteiger partial charge in [0.2, 0.25) is 0 Å². The van der Waals surface area contributed by atoms with Crippen molar-refractivity contribution in [2.75, 3.05) is 0 Å². The SMILES string of the molecule is CCCC(=O)c1ccc(C(F)(F)C(F)(F)C(F)(F)C(F)(F)F)cc1. The smallest absolute Gasteiger partial charge is 0.294 e. The predicted molar refractivity (Wildman–Crippen MR) is 65.5 cm³/mol. The van der Waals surface area contributed by atoms with Crippen molar-refractivity contribution in [3.8, 4) is 0 Å². The minimum atomic E-state index is -6.94. The van der Waals surface area contributed by atoms with E-state index in [1.165, 1.54) is 0 Å². The van der Waals surface area contributed by atoms with Crippen molar-refractivity contribution in [3.05, 3.63) is 35.4 Å². The van der Waals surface area contributed by atoms with Gasteiger partial charge < -0.3 is 0 Å². The minimum Gasteiger partial charge on any atom is -0.294 e. The summed E-state index contributed by atoms with van der Waals surface area (Å²) in [7, 11) is 0. The summed E-state index contributed by atoms with van der Waals surface area (Å²) in [6.45, 7) is 1.64. The quantitative estimate of drug-likeness (QED) is 0.474. The summed E-state index contributed by atoms with van der Waals surface area (Å²) in [6, 6.07) is 1.79. The Balaban J connectivity index is 3.26. The normalized spacial score (nSPS) is 13.9. The molecule has 1 nitrogen and oxygen atoms in total. The third kappa shape index (κ3) is 3.23. The van der Waals surface area contributed by atoms with E-state index >= 15 is 0 Å². The molecule has 1 rings (SSSR count). The molecule has 0 atom stereocenters. The van der Waals surface area contributed by atoms with Crippen LogP contribution in [0.1, 0.15) is 35.7 Å². The van der Waals surface area contributed by atoms with E-state index in [2.05, 4.69) is 0 Å². The van der Waals surface area contributed by atoms with Crippen LogP contribution >= 0.6 is 0 Å². The number of hydrogen-bond donors (Lipinski definition) is 0. The van der Waals surface area contributed by atoms with E-state index in [1.54, 1.807) is 6.92 Å². The number of benzene rings is 1. The molecule has 0 aromatic heterocycles. The topological polar surface area (TPSA) is 17.1 Å². The number of hydrogen-bond acceptors (Lipinski definition) is 1. The minimum absolute atomic E-state index is 0.0258. The summed E-state index contributed by atoms with van der Waals surface area (Å²) in [5.74, 6) is -20.0. The maximum Gasteiger partial charge on any atom is 0.460 e. The zero-order chi connectivity index (χ0) is 19.0. The fraction of sp³-hybridized carbons (Fsp3) is 0.500. The molecule has 0 N–H and O–H groups in total. The molecule has 0 fully saturated rings. The predicted octanol–water partition coefficient (Wildman–Crippen LogP) is 5.59. The van der Waals surface area contributed by atoms with Crippen LogP contribution < -0.4 is 0 Å².